The van der Waals surface area contributed by atoms with Gasteiger partial charge in [-0.2, -0.15) is 0 Å². The molecule has 1 N–H and O–H groups in total. The zero-order chi connectivity index (χ0) is 16.3. The molecule has 2 amide bonds. The van der Waals surface area contributed by atoms with Crippen LogP contribution in [0.5, 0.6) is 0 Å². The van der Waals surface area contributed by atoms with Crippen molar-refractivity contribution in [3.8, 4) is 0 Å². The third-order valence-corrected chi connectivity index (χ3v) is 5.68. The van der Waals surface area contributed by atoms with Crippen LogP contribution in [-0.2, 0) is 15.0 Å². The van der Waals surface area contributed by atoms with E-state index in [1.54, 1.807) is 0 Å². The van der Waals surface area contributed by atoms with Gasteiger partial charge in [0.1, 0.15) is 0 Å². The zero-order valence-electron chi connectivity index (χ0n) is 13.3. The normalized spacial score (nSPS) is 19.8. The van der Waals surface area contributed by atoms with Crippen molar-refractivity contribution < 1.29 is 9.59 Å². The number of carbonyl (C=O) groups excluding carboxylic acids is 2. The Bertz CT molecular complexity index is 573. The van der Waals surface area contributed by atoms with Gasteiger partial charge in [0.15, 0.2) is 0 Å². The summed E-state index contributed by atoms with van der Waals surface area (Å²) >= 11 is 3.45. The minimum atomic E-state index is -0.466. The smallest absolute Gasteiger partial charge is 0.241 e. The molecule has 2 fully saturated rings. The summed E-state index contributed by atoms with van der Waals surface area (Å²) in [7, 11) is 0. The first-order valence-electron chi connectivity index (χ1n) is 8.44. The Balaban J connectivity index is 1.69. The highest BCUT2D eigenvalue weighted by Crippen LogP contribution is 2.41. The van der Waals surface area contributed by atoms with E-state index in [1.807, 2.05) is 29.2 Å². The van der Waals surface area contributed by atoms with Gasteiger partial charge in [-0.3, -0.25) is 9.59 Å². The Labute approximate surface area is 145 Å². The molecule has 1 saturated carbocycles. The van der Waals surface area contributed by atoms with E-state index in [-0.39, 0.29) is 18.4 Å². The van der Waals surface area contributed by atoms with Gasteiger partial charge in [0.05, 0.1) is 12.0 Å². The van der Waals surface area contributed by atoms with Crippen molar-refractivity contribution in [1.82, 2.24) is 10.2 Å². The monoisotopic (exact) mass is 378 g/mol. The average molecular weight is 379 g/mol. The Morgan fingerprint density at radius 1 is 1.04 bits per heavy atom. The fraction of sp³-hybridized carbons (Fsp3) is 0.556. The van der Waals surface area contributed by atoms with Crippen LogP contribution in [0, 0.1) is 0 Å². The van der Waals surface area contributed by atoms with E-state index in [4.69, 9.17) is 0 Å². The number of hydrogen-bond donors (Lipinski definition) is 1. The maximum atomic E-state index is 12.9. The van der Waals surface area contributed by atoms with Crippen LogP contribution >= 0.6 is 15.9 Å². The Hall–Kier alpha value is -1.36. The molecule has 1 aromatic carbocycles. The van der Waals surface area contributed by atoms with Gasteiger partial charge in [-0.05, 0) is 43.4 Å². The molecular weight excluding hydrogens is 356 g/mol. The molecule has 4 nitrogen and oxygen atoms in total. The fourth-order valence-corrected chi connectivity index (χ4v) is 4.06. The topological polar surface area (TPSA) is 49.4 Å². The maximum Gasteiger partial charge on any atom is 0.241 e. The molecule has 0 aromatic heterocycles. The zero-order valence-corrected chi connectivity index (χ0v) is 14.9. The largest absolute Gasteiger partial charge is 0.346 e. The first kappa shape index (κ1) is 16.5. The number of nitrogens with one attached hydrogen (secondary N) is 1. The minimum absolute atomic E-state index is 0.00451. The number of amides is 2. The summed E-state index contributed by atoms with van der Waals surface area (Å²) in [5.41, 5.74) is 0.593. The van der Waals surface area contributed by atoms with Crippen molar-refractivity contribution in [2.45, 2.75) is 43.9 Å². The van der Waals surface area contributed by atoms with Crippen LogP contribution in [0.1, 0.15) is 44.1 Å². The molecule has 0 unspecified atom stereocenters. The van der Waals surface area contributed by atoms with E-state index >= 15 is 0 Å². The minimum Gasteiger partial charge on any atom is -0.346 e. The van der Waals surface area contributed by atoms with E-state index in [0.29, 0.717) is 0 Å². The summed E-state index contributed by atoms with van der Waals surface area (Å²) in [6.07, 6.45) is 5.98. The molecule has 1 aliphatic heterocycles. The lowest BCUT2D eigenvalue weighted by Gasteiger charge is -2.28. The van der Waals surface area contributed by atoms with Crippen molar-refractivity contribution in [2.24, 2.45) is 0 Å². The van der Waals surface area contributed by atoms with Gasteiger partial charge in [0, 0.05) is 17.6 Å². The van der Waals surface area contributed by atoms with Gasteiger partial charge >= 0.3 is 0 Å². The molecule has 1 aromatic rings. The van der Waals surface area contributed by atoms with Gasteiger partial charge < -0.3 is 10.2 Å². The SMILES string of the molecule is O=C(CNC(=O)C1(c2ccc(Br)cc2)CCCC1)N1CCCC1. The van der Waals surface area contributed by atoms with E-state index in [0.717, 1.165) is 61.7 Å². The van der Waals surface area contributed by atoms with Gasteiger partial charge in [-0.15, -0.1) is 0 Å². The highest BCUT2D eigenvalue weighted by molar-refractivity contribution is 9.10. The summed E-state index contributed by atoms with van der Waals surface area (Å²) in [6, 6.07) is 8.02. The standard InChI is InChI=1S/C18H23BrN2O2/c19-15-7-5-14(6-8-15)18(9-1-2-10-18)17(23)20-13-16(22)21-11-3-4-12-21/h5-8H,1-4,9-13H2,(H,20,23). The Morgan fingerprint density at radius 2 is 1.65 bits per heavy atom. The number of nitrogens with zero attached hydrogens (tertiary/aromatic N) is 1. The highest BCUT2D eigenvalue weighted by Gasteiger charge is 2.42. The van der Waals surface area contributed by atoms with Crippen LogP contribution in [0.4, 0.5) is 0 Å². The second-order valence-electron chi connectivity index (χ2n) is 6.57. The van der Waals surface area contributed by atoms with Gasteiger partial charge in [0.25, 0.3) is 0 Å². The Morgan fingerprint density at radius 3 is 2.26 bits per heavy atom. The van der Waals surface area contributed by atoms with Crippen LogP contribution in [0.15, 0.2) is 28.7 Å². The van der Waals surface area contributed by atoms with Crippen LogP contribution in [0.2, 0.25) is 0 Å². The quantitative estimate of drug-likeness (QED) is 0.875. The van der Waals surface area contributed by atoms with Crippen molar-refractivity contribution in [2.75, 3.05) is 19.6 Å². The van der Waals surface area contributed by atoms with Crippen molar-refractivity contribution in [3.05, 3.63) is 34.3 Å². The fourth-order valence-electron chi connectivity index (χ4n) is 3.80. The Kier molecular flexibility index (Phi) is 5.05. The molecule has 0 spiro atoms. The summed E-state index contributed by atoms with van der Waals surface area (Å²) in [5, 5.41) is 2.91. The lowest BCUT2D eigenvalue weighted by atomic mass is 9.78. The molecule has 1 aliphatic carbocycles. The van der Waals surface area contributed by atoms with Crippen LogP contribution < -0.4 is 5.32 Å². The van der Waals surface area contributed by atoms with Crippen molar-refractivity contribution in [1.29, 1.82) is 0 Å². The number of carbonyl (C=O) groups is 2. The maximum absolute atomic E-state index is 12.9. The highest BCUT2D eigenvalue weighted by atomic mass is 79.9. The van der Waals surface area contributed by atoms with Crippen LogP contribution in [0.3, 0.4) is 0 Å². The first-order chi connectivity index (χ1) is 11.1. The summed E-state index contributed by atoms with van der Waals surface area (Å²) in [4.78, 5) is 26.9. The molecule has 124 valence electrons. The molecule has 0 bridgehead atoms. The lowest BCUT2D eigenvalue weighted by molar-refractivity contribution is -0.133. The number of likely N-dealkylation sites (tertiary alicyclic amines) is 1. The number of rotatable bonds is 4. The molecule has 0 atom stereocenters. The van der Waals surface area contributed by atoms with Crippen molar-refractivity contribution >= 4 is 27.7 Å². The predicted octanol–water partition coefficient (Wildman–Crippen LogP) is 3.00. The summed E-state index contributed by atoms with van der Waals surface area (Å²) in [6.45, 7) is 1.77. The predicted molar refractivity (Wildman–Crippen MR) is 93.1 cm³/mol. The molecular formula is C18H23BrN2O2. The molecule has 3 rings (SSSR count). The van der Waals surface area contributed by atoms with Gasteiger partial charge in [-0.1, -0.05) is 40.9 Å². The third kappa shape index (κ3) is 3.44. The van der Waals surface area contributed by atoms with Crippen molar-refractivity contribution in [3.63, 3.8) is 0 Å². The van der Waals surface area contributed by atoms with E-state index in [9.17, 15) is 9.59 Å². The van der Waals surface area contributed by atoms with Crippen LogP contribution in [0.25, 0.3) is 0 Å². The number of halogens is 1. The molecule has 0 radical (unpaired) electrons. The molecule has 23 heavy (non-hydrogen) atoms. The second kappa shape index (κ2) is 7.04. The van der Waals surface area contributed by atoms with Gasteiger partial charge in [-0.25, -0.2) is 0 Å². The first-order valence-corrected chi connectivity index (χ1v) is 9.23. The van der Waals surface area contributed by atoms with E-state index < -0.39 is 5.41 Å². The number of hydrogen-bond acceptors (Lipinski definition) is 2. The summed E-state index contributed by atoms with van der Waals surface area (Å²) < 4.78 is 1.01. The molecule has 2 aliphatic rings. The van der Waals surface area contributed by atoms with E-state index in [1.165, 1.54) is 0 Å². The van der Waals surface area contributed by atoms with Crippen LogP contribution in [-0.4, -0.2) is 36.3 Å². The molecule has 1 saturated heterocycles. The summed E-state index contributed by atoms with van der Waals surface area (Å²) in [5.74, 6) is 0.0460. The van der Waals surface area contributed by atoms with Gasteiger partial charge in [0.2, 0.25) is 11.8 Å². The lowest BCUT2D eigenvalue weighted by Crippen LogP contribution is -2.46. The average Bonchev–Trinajstić information content (AvgIpc) is 3.25. The third-order valence-electron chi connectivity index (χ3n) is 5.15. The molecule has 1 heterocycles. The molecule has 5 heteroatoms. The second-order valence-corrected chi connectivity index (χ2v) is 7.48. The number of benzene rings is 1. The van der Waals surface area contributed by atoms with E-state index in [2.05, 4.69) is 21.2 Å².